The minimum Gasteiger partial charge on any atom is -0.328 e. The molecule has 0 aliphatic heterocycles. The Morgan fingerprint density at radius 2 is 1.93 bits per heavy atom. The maximum atomic E-state index is 12.6. The third-order valence-electron chi connectivity index (χ3n) is 4.83. The SMILES string of the molecule is CCc1ccc([C@@H]([NH2+]CC(=O)Nc2c(C)cc(C)cc2Cl)c2cccs2)cc1. The second-order valence-electron chi connectivity index (χ2n) is 7.01. The number of aryl methyl sites for hydroxylation is 3. The lowest BCUT2D eigenvalue weighted by Crippen LogP contribution is -2.87. The summed E-state index contributed by atoms with van der Waals surface area (Å²) in [6.07, 6.45) is 1.02. The van der Waals surface area contributed by atoms with Gasteiger partial charge in [0.25, 0.3) is 5.91 Å². The third kappa shape index (κ3) is 5.02. The van der Waals surface area contributed by atoms with E-state index < -0.39 is 0 Å². The lowest BCUT2D eigenvalue weighted by atomic mass is 10.0. The van der Waals surface area contributed by atoms with Gasteiger partial charge in [-0.05, 0) is 54.5 Å². The molecule has 146 valence electrons. The maximum absolute atomic E-state index is 12.6. The topological polar surface area (TPSA) is 45.7 Å². The van der Waals surface area contributed by atoms with E-state index in [1.807, 2.05) is 26.0 Å². The van der Waals surface area contributed by atoms with Gasteiger partial charge in [-0.3, -0.25) is 4.79 Å². The van der Waals surface area contributed by atoms with Gasteiger partial charge >= 0.3 is 0 Å². The van der Waals surface area contributed by atoms with Crippen LogP contribution in [0, 0.1) is 13.8 Å². The second kappa shape index (κ2) is 9.37. The fourth-order valence-electron chi connectivity index (χ4n) is 3.33. The third-order valence-corrected chi connectivity index (χ3v) is 6.09. The van der Waals surface area contributed by atoms with E-state index in [1.165, 1.54) is 16.0 Å². The van der Waals surface area contributed by atoms with Crippen molar-refractivity contribution in [1.82, 2.24) is 0 Å². The summed E-state index contributed by atoms with van der Waals surface area (Å²) in [6.45, 7) is 6.43. The average Bonchev–Trinajstić information content (AvgIpc) is 3.20. The second-order valence-corrected chi connectivity index (χ2v) is 8.40. The summed E-state index contributed by atoms with van der Waals surface area (Å²) >= 11 is 8.04. The molecule has 0 saturated heterocycles. The number of anilines is 1. The number of nitrogens with two attached hydrogens (primary N) is 1. The molecule has 0 spiro atoms. The normalized spacial score (nSPS) is 12.0. The van der Waals surface area contributed by atoms with E-state index in [9.17, 15) is 4.79 Å². The van der Waals surface area contributed by atoms with Gasteiger partial charge in [0.15, 0.2) is 6.54 Å². The number of amides is 1. The number of halogens is 1. The molecule has 0 fully saturated rings. The number of thiophene rings is 1. The number of carbonyl (C=O) groups excluding carboxylic acids is 1. The first-order chi connectivity index (χ1) is 13.5. The molecule has 1 atom stereocenters. The number of carbonyl (C=O) groups is 1. The molecule has 3 N–H and O–H groups in total. The molecule has 3 aromatic rings. The number of nitrogens with one attached hydrogen (secondary N) is 1. The van der Waals surface area contributed by atoms with E-state index in [0.717, 1.165) is 17.5 Å². The molecule has 0 radical (unpaired) electrons. The molecule has 0 aliphatic carbocycles. The van der Waals surface area contributed by atoms with E-state index in [-0.39, 0.29) is 11.9 Å². The standard InChI is InChI=1S/C23H25ClN2OS/c1-4-17-7-9-18(10-8-17)23(20-6-5-11-28-20)25-14-21(27)26-22-16(3)12-15(2)13-19(22)24/h5-13,23,25H,4,14H2,1-3H3,(H,26,27)/p+1/t23-/m1/s1. The van der Waals surface area contributed by atoms with Crippen LogP contribution in [0.2, 0.25) is 5.02 Å². The molecular weight excluding hydrogens is 388 g/mol. The summed E-state index contributed by atoms with van der Waals surface area (Å²) < 4.78 is 0. The Morgan fingerprint density at radius 3 is 2.54 bits per heavy atom. The van der Waals surface area contributed by atoms with Gasteiger partial charge in [-0.1, -0.05) is 54.9 Å². The van der Waals surface area contributed by atoms with Crippen molar-refractivity contribution in [2.75, 3.05) is 11.9 Å². The number of rotatable bonds is 7. The highest BCUT2D eigenvalue weighted by molar-refractivity contribution is 7.10. The lowest BCUT2D eigenvalue weighted by molar-refractivity contribution is -0.675. The highest BCUT2D eigenvalue weighted by Gasteiger charge is 2.20. The van der Waals surface area contributed by atoms with Crippen molar-refractivity contribution in [2.24, 2.45) is 0 Å². The maximum Gasteiger partial charge on any atom is 0.279 e. The Labute approximate surface area is 175 Å². The Kier molecular flexibility index (Phi) is 6.89. The van der Waals surface area contributed by atoms with Gasteiger partial charge in [0.1, 0.15) is 6.04 Å². The summed E-state index contributed by atoms with van der Waals surface area (Å²) in [4.78, 5) is 13.8. The smallest absolute Gasteiger partial charge is 0.279 e. The molecule has 28 heavy (non-hydrogen) atoms. The molecule has 3 nitrogen and oxygen atoms in total. The van der Waals surface area contributed by atoms with Crippen LogP contribution >= 0.6 is 22.9 Å². The molecular formula is C23H26ClN2OS+. The van der Waals surface area contributed by atoms with Gasteiger partial charge < -0.3 is 10.6 Å². The molecule has 0 unspecified atom stereocenters. The number of benzene rings is 2. The van der Waals surface area contributed by atoms with Gasteiger partial charge in [0, 0.05) is 5.56 Å². The van der Waals surface area contributed by atoms with Gasteiger partial charge in [-0.15, -0.1) is 11.3 Å². The van der Waals surface area contributed by atoms with Gasteiger partial charge in [0.05, 0.1) is 15.6 Å². The zero-order valence-electron chi connectivity index (χ0n) is 16.5. The van der Waals surface area contributed by atoms with Crippen LogP contribution in [0.4, 0.5) is 5.69 Å². The molecule has 3 rings (SSSR count). The van der Waals surface area contributed by atoms with Gasteiger partial charge in [-0.2, -0.15) is 0 Å². The first-order valence-electron chi connectivity index (χ1n) is 9.50. The predicted molar refractivity (Wildman–Crippen MR) is 118 cm³/mol. The van der Waals surface area contributed by atoms with E-state index >= 15 is 0 Å². The molecule has 5 heteroatoms. The Bertz CT molecular complexity index is 913. The predicted octanol–water partition coefficient (Wildman–Crippen LogP) is 4.87. The van der Waals surface area contributed by atoms with Gasteiger partial charge in [0.2, 0.25) is 0 Å². The Morgan fingerprint density at radius 1 is 1.18 bits per heavy atom. The van der Waals surface area contributed by atoms with Crippen LogP contribution in [0.3, 0.4) is 0 Å². The van der Waals surface area contributed by atoms with Crippen molar-refractivity contribution in [3.05, 3.63) is 86.1 Å². The molecule has 0 bridgehead atoms. The van der Waals surface area contributed by atoms with Crippen LogP contribution < -0.4 is 10.6 Å². The summed E-state index contributed by atoms with van der Waals surface area (Å²) in [5, 5.41) is 7.72. The first kappa shape index (κ1) is 20.6. The summed E-state index contributed by atoms with van der Waals surface area (Å²) in [5.74, 6) is -0.0550. The van der Waals surface area contributed by atoms with E-state index in [0.29, 0.717) is 17.3 Å². The quantitative estimate of drug-likeness (QED) is 0.570. The van der Waals surface area contributed by atoms with Crippen molar-refractivity contribution in [3.8, 4) is 0 Å². The largest absolute Gasteiger partial charge is 0.328 e. The molecule has 1 aromatic heterocycles. The van der Waals surface area contributed by atoms with Gasteiger partial charge in [-0.25, -0.2) is 0 Å². The molecule has 0 saturated carbocycles. The summed E-state index contributed by atoms with van der Waals surface area (Å²) in [7, 11) is 0. The number of quaternary nitrogens is 1. The summed E-state index contributed by atoms with van der Waals surface area (Å²) in [6, 6.07) is 16.8. The highest BCUT2D eigenvalue weighted by atomic mass is 35.5. The fraction of sp³-hybridized carbons (Fsp3) is 0.261. The number of hydrogen-bond donors (Lipinski definition) is 2. The Hall–Kier alpha value is -2.14. The van der Waals surface area contributed by atoms with Crippen LogP contribution in [-0.2, 0) is 11.2 Å². The van der Waals surface area contributed by atoms with Crippen LogP contribution in [0.15, 0.2) is 53.9 Å². The summed E-state index contributed by atoms with van der Waals surface area (Å²) in [5.41, 5.74) is 5.28. The Balaban J connectivity index is 1.72. The van der Waals surface area contributed by atoms with Crippen molar-refractivity contribution >= 4 is 34.5 Å². The van der Waals surface area contributed by atoms with Crippen molar-refractivity contribution < 1.29 is 10.1 Å². The van der Waals surface area contributed by atoms with E-state index in [1.54, 1.807) is 11.3 Å². The van der Waals surface area contributed by atoms with Crippen LogP contribution in [-0.4, -0.2) is 12.5 Å². The minimum atomic E-state index is -0.0550. The van der Waals surface area contributed by atoms with E-state index in [2.05, 4.69) is 59.3 Å². The fourth-order valence-corrected chi connectivity index (χ4v) is 4.55. The van der Waals surface area contributed by atoms with Crippen LogP contribution in [0.5, 0.6) is 0 Å². The molecule has 1 heterocycles. The molecule has 1 amide bonds. The average molecular weight is 414 g/mol. The van der Waals surface area contributed by atoms with Crippen LogP contribution in [0.25, 0.3) is 0 Å². The van der Waals surface area contributed by atoms with Crippen LogP contribution in [0.1, 0.15) is 40.1 Å². The van der Waals surface area contributed by atoms with Crippen molar-refractivity contribution in [1.29, 1.82) is 0 Å². The first-order valence-corrected chi connectivity index (χ1v) is 10.8. The minimum absolute atomic E-state index is 0.0550. The number of hydrogen-bond acceptors (Lipinski definition) is 2. The monoisotopic (exact) mass is 413 g/mol. The highest BCUT2D eigenvalue weighted by Crippen LogP contribution is 2.27. The zero-order valence-corrected chi connectivity index (χ0v) is 18.0. The molecule has 2 aromatic carbocycles. The lowest BCUT2D eigenvalue weighted by Gasteiger charge is -2.16. The van der Waals surface area contributed by atoms with E-state index in [4.69, 9.17) is 11.6 Å². The molecule has 0 aliphatic rings. The zero-order chi connectivity index (χ0) is 20.1. The van der Waals surface area contributed by atoms with Crippen molar-refractivity contribution in [2.45, 2.75) is 33.2 Å². The van der Waals surface area contributed by atoms with Crippen molar-refractivity contribution in [3.63, 3.8) is 0 Å².